The lowest BCUT2D eigenvalue weighted by atomic mass is 9.81. The Morgan fingerprint density at radius 2 is 2.29 bits per heavy atom. The molecule has 1 unspecified atom stereocenters. The highest BCUT2D eigenvalue weighted by Gasteiger charge is 2.40. The van der Waals surface area contributed by atoms with Crippen molar-refractivity contribution in [1.29, 1.82) is 0 Å². The zero-order valence-corrected chi connectivity index (χ0v) is 12.2. The molecule has 0 saturated carbocycles. The lowest BCUT2D eigenvalue weighted by molar-refractivity contribution is -0.136. The highest BCUT2D eigenvalue weighted by atomic mass is 16.4. The molecule has 114 valence electrons. The summed E-state index contributed by atoms with van der Waals surface area (Å²) in [5.41, 5.74) is 0.747. The number of pyridine rings is 1. The summed E-state index contributed by atoms with van der Waals surface area (Å²) in [6.07, 6.45) is 4.06. The highest BCUT2D eigenvalue weighted by Crippen LogP contribution is 2.32. The van der Waals surface area contributed by atoms with Gasteiger partial charge in [-0.1, -0.05) is 13.3 Å². The molecule has 0 aromatic carbocycles. The van der Waals surface area contributed by atoms with Gasteiger partial charge in [0, 0.05) is 6.54 Å². The molecule has 6 nitrogen and oxygen atoms in total. The number of carboxylic acid groups (broad SMARTS) is 1. The molecule has 2 heterocycles. The maximum absolute atomic E-state index is 12.5. The van der Waals surface area contributed by atoms with Gasteiger partial charge < -0.3 is 15.7 Å². The van der Waals surface area contributed by atoms with Gasteiger partial charge in [-0.15, -0.1) is 0 Å². The molecular weight excluding hydrogens is 270 g/mol. The molecule has 1 aliphatic heterocycles. The number of amides is 1. The van der Waals surface area contributed by atoms with Gasteiger partial charge in [-0.05, 0) is 31.5 Å². The van der Waals surface area contributed by atoms with Crippen molar-refractivity contribution in [2.75, 3.05) is 18.4 Å². The van der Waals surface area contributed by atoms with E-state index in [2.05, 4.69) is 22.5 Å². The first-order valence-corrected chi connectivity index (χ1v) is 7.25. The number of nitrogens with zero attached hydrogens (tertiary/aromatic N) is 1. The van der Waals surface area contributed by atoms with Crippen molar-refractivity contribution in [3.63, 3.8) is 0 Å². The molecule has 1 saturated heterocycles. The van der Waals surface area contributed by atoms with Crippen LogP contribution in [0.4, 0.5) is 5.69 Å². The van der Waals surface area contributed by atoms with Gasteiger partial charge in [0.15, 0.2) is 0 Å². The molecule has 0 aliphatic carbocycles. The van der Waals surface area contributed by atoms with Crippen LogP contribution in [0.25, 0.3) is 0 Å². The van der Waals surface area contributed by atoms with E-state index >= 15 is 0 Å². The summed E-state index contributed by atoms with van der Waals surface area (Å²) in [5.74, 6) is -0.902. The van der Waals surface area contributed by atoms with Gasteiger partial charge in [-0.2, -0.15) is 0 Å². The van der Waals surface area contributed by atoms with Crippen LogP contribution in [0.1, 0.15) is 31.9 Å². The largest absolute Gasteiger partial charge is 0.481 e. The molecule has 0 spiro atoms. The number of hydrogen-bond donors (Lipinski definition) is 3. The first-order chi connectivity index (χ1) is 10.1. The maximum atomic E-state index is 12.5. The number of anilines is 1. The molecular formula is C15H21N3O3. The number of aliphatic carboxylic acids is 1. The molecule has 1 aromatic rings. The normalized spacial score (nSPS) is 21.2. The fraction of sp³-hybridized carbons (Fsp3) is 0.533. The Morgan fingerprint density at radius 1 is 1.48 bits per heavy atom. The summed E-state index contributed by atoms with van der Waals surface area (Å²) in [5, 5.41) is 14.9. The summed E-state index contributed by atoms with van der Waals surface area (Å²) in [6.45, 7) is 3.65. The predicted molar refractivity (Wildman–Crippen MR) is 79.0 cm³/mol. The second-order valence-corrected chi connectivity index (χ2v) is 5.52. The molecule has 0 bridgehead atoms. The first kappa shape index (κ1) is 15.4. The Morgan fingerprint density at radius 3 is 2.81 bits per heavy atom. The number of rotatable bonds is 6. The zero-order chi connectivity index (χ0) is 15.3. The van der Waals surface area contributed by atoms with E-state index in [1.165, 1.54) is 6.20 Å². The van der Waals surface area contributed by atoms with Crippen molar-refractivity contribution >= 4 is 17.6 Å². The van der Waals surface area contributed by atoms with Crippen LogP contribution in [0.15, 0.2) is 18.3 Å². The molecule has 21 heavy (non-hydrogen) atoms. The summed E-state index contributed by atoms with van der Waals surface area (Å²) in [7, 11) is 0. The van der Waals surface area contributed by atoms with Crippen LogP contribution in [0, 0.1) is 5.41 Å². The third kappa shape index (κ3) is 3.78. The van der Waals surface area contributed by atoms with Gasteiger partial charge in [-0.25, -0.2) is 0 Å². The lowest BCUT2D eigenvalue weighted by Gasteiger charge is -2.26. The average Bonchev–Trinajstić information content (AvgIpc) is 2.91. The number of carbonyl (C=O) groups excluding carboxylic acids is 1. The smallest absolute Gasteiger partial charge is 0.309 e. The van der Waals surface area contributed by atoms with Crippen molar-refractivity contribution in [3.8, 4) is 0 Å². The van der Waals surface area contributed by atoms with Crippen LogP contribution in [0.3, 0.4) is 0 Å². The summed E-state index contributed by atoms with van der Waals surface area (Å²) in [4.78, 5) is 27.2. The Balaban J connectivity index is 2.03. The van der Waals surface area contributed by atoms with E-state index in [0.29, 0.717) is 17.9 Å². The number of aromatic nitrogens is 1. The molecule has 3 N–H and O–H groups in total. The number of carboxylic acids is 1. The van der Waals surface area contributed by atoms with E-state index in [0.717, 1.165) is 25.8 Å². The number of carbonyl (C=O) groups is 2. The van der Waals surface area contributed by atoms with Crippen LogP contribution in [0.2, 0.25) is 0 Å². The van der Waals surface area contributed by atoms with Crippen molar-refractivity contribution in [1.82, 2.24) is 10.3 Å². The van der Waals surface area contributed by atoms with Crippen LogP contribution >= 0.6 is 0 Å². The van der Waals surface area contributed by atoms with Gasteiger partial charge >= 0.3 is 5.97 Å². The van der Waals surface area contributed by atoms with E-state index in [4.69, 9.17) is 5.11 Å². The van der Waals surface area contributed by atoms with E-state index < -0.39 is 5.97 Å². The van der Waals surface area contributed by atoms with Crippen molar-refractivity contribution < 1.29 is 14.7 Å². The Hall–Kier alpha value is -1.95. The average molecular weight is 291 g/mol. The van der Waals surface area contributed by atoms with Gasteiger partial charge in [0.1, 0.15) is 0 Å². The van der Waals surface area contributed by atoms with Crippen LogP contribution in [-0.2, 0) is 16.0 Å². The second-order valence-electron chi connectivity index (χ2n) is 5.52. The Bertz CT molecular complexity index is 507. The quantitative estimate of drug-likeness (QED) is 0.737. The van der Waals surface area contributed by atoms with Crippen molar-refractivity contribution in [3.05, 3.63) is 24.0 Å². The fourth-order valence-corrected chi connectivity index (χ4v) is 2.76. The standard InChI is InChI=1S/C15H21N3O3/c1-2-5-15(6-7-16-10-15)14(21)18-12-4-3-11(17-9-12)8-13(19)20/h3-4,9,16H,2,5-8,10H2,1H3,(H,18,21)(H,19,20). The maximum Gasteiger partial charge on any atom is 0.309 e. The zero-order valence-electron chi connectivity index (χ0n) is 12.2. The first-order valence-electron chi connectivity index (χ1n) is 7.25. The van der Waals surface area contributed by atoms with Gasteiger partial charge in [-0.3, -0.25) is 14.6 Å². The van der Waals surface area contributed by atoms with Crippen LogP contribution in [-0.4, -0.2) is 35.1 Å². The number of nitrogens with one attached hydrogen (secondary N) is 2. The minimum absolute atomic E-state index is 0.0159. The van der Waals surface area contributed by atoms with E-state index in [1.807, 2.05) is 0 Å². The monoisotopic (exact) mass is 291 g/mol. The third-order valence-electron chi connectivity index (χ3n) is 3.87. The van der Waals surface area contributed by atoms with E-state index in [-0.39, 0.29) is 17.7 Å². The highest BCUT2D eigenvalue weighted by molar-refractivity contribution is 5.95. The minimum atomic E-state index is -0.918. The predicted octanol–water partition coefficient (Wildman–Crippen LogP) is 1.43. The number of hydrogen-bond acceptors (Lipinski definition) is 4. The molecule has 1 amide bonds. The van der Waals surface area contributed by atoms with Crippen LogP contribution in [0.5, 0.6) is 0 Å². The fourth-order valence-electron chi connectivity index (χ4n) is 2.76. The lowest BCUT2D eigenvalue weighted by Crippen LogP contribution is -2.38. The summed E-state index contributed by atoms with van der Waals surface area (Å²) >= 11 is 0. The molecule has 1 atom stereocenters. The van der Waals surface area contributed by atoms with Gasteiger partial charge in [0.2, 0.25) is 5.91 Å². The molecule has 1 fully saturated rings. The SMILES string of the molecule is CCCC1(C(=O)Nc2ccc(CC(=O)O)nc2)CCNC1. The van der Waals surface area contributed by atoms with Gasteiger partial charge in [0.05, 0.1) is 29.4 Å². The summed E-state index contributed by atoms with van der Waals surface area (Å²) < 4.78 is 0. The molecule has 2 rings (SSSR count). The van der Waals surface area contributed by atoms with Crippen LogP contribution < -0.4 is 10.6 Å². The van der Waals surface area contributed by atoms with Gasteiger partial charge in [0.25, 0.3) is 0 Å². The Kier molecular flexibility index (Phi) is 4.90. The minimum Gasteiger partial charge on any atom is -0.481 e. The van der Waals surface area contributed by atoms with E-state index in [9.17, 15) is 9.59 Å². The third-order valence-corrected chi connectivity index (χ3v) is 3.87. The molecule has 1 aromatic heterocycles. The topological polar surface area (TPSA) is 91.3 Å². The molecule has 6 heteroatoms. The van der Waals surface area contributed by atoms with Crippen molar-refractivity contribution in [2.24, 2.45) is 5.41 Å². The van der Waals surface area contributed by atoms with E-state index in [1.54, 1.807) is 12.1 Å². The summed E-state index contributed by atoms with van der Waals surface area (Å²) in [6, 6.07) is 3.33. The second kappa shape index (κ2) is 6.67. The molecule has 1 aliphatic rings. The molecule has 0 radical (unpaired) electrons. The van der Waals surface area contributed by atoms with Crippen molar-refractivity contribution in [2.45, 2.75) is 32.6 Å². The Labute approximate surface area is 124 Å².